The van der Waals surface area contributed by atoms with Crippen LogP contribution in [-0.2, 0) is 0 Å². The average Bonchev–Trinajstić information content (AvgIpc) is 2.35. The van der Waals surface area contributed by atoms with E-state index in [0.717, 1.165) is 12.3 Å². The van der Waals surface area contributed by atoms with Gasteiger partial charge in [0.15, 0.2) is 0 Å². The fourth-order valence-electron chi connectivity index (χ4n) is 3.81. The van der Waals surface area contributed by atoms with Crippen molar-refractivity contribution in [3.8, 4) is 0 Å². The molecule has 2 atom stereocenters. The Morgan fingerprint density at radius 2 is 2.22 bits per heavy atom. The largest absolute Gasteiger partial charge is 0.316 e. The lowest BCUT2D eigenvalue weighted by Crippen LogP contribution is -2.52. The number of piperidine rings is 2. The zero-order valence-corrected chi connectivity index (χ0v) is 12.3. The van der Waals surface area contributed by atoms with Crippen molar-refractivity contribution >= 4 is 0 Å². The van der Waals surface area contributed by atoms with Crippen LogP contribution in [0.3, 0.4) is 0 Å². The second-order valence-corrected chi connectivity index (χ2v) is 6.84. The summed E-state index contributed by atoms with van der Waals surface area (Å²) in [5.74, 6) is 0.861. The third-order valence-electron chi connectivity index (χ3n) is 4.89. The van der Waals surface area contributed by atoms with Crippen LogP contribution in [0.5, 0.6) is 0 Å². The van der Waals surface area contributed by atoms with Crippen LogP contribution in [0.4, 0.5) is 0 Å². The SMILES string of the molecule is C=CCC1N(CC2CCCNC2)CCCC1(C)C. The third kappa shape index (κ3) is 3.36. The number of likely N-dealkylation sites (tertiary alicyclic amines) is 1. The van der Waals surface area contributed by atoms with Crippen molar-refractivity contribution in [2.24, 2.45) is 11.3 Å². The Labute approximate surface area is 113 Å². The van der Waals surface area contributed by atoms with Crippen LogP contribution >= 0.6 is 0 Å². The van der Waals surface area contributed by atoms with E-state index in [1.165, 1.54) is 51.9 Å². The molecule has 2 unspecified atom stereocenters. The molecule has 0 spiro atoms. The van der Waals surface area contributed by atoms with Crippen LogP contribution in [0.15, 0.2) is 12.7 Å². The van der Waals surface area contributed by atoms with Gasteiger partial charge in [-0.15, -0.1) is 6.58 Å². The zero-order chi connectivity index (χ0) is 13.0. The van der Waals surface area contributed by atoms with Gasteiger partial charge in [0.25, 0.3) is 0 Å². The van der Waals surface area contributed by atoms with E-state index in [4.69, 9.17) is 0 Å². The first-order chi connectivity index (χ1) is 8.63. The molecule has 0 aliphatic carbocycles. The molecule has 0 amide bonds. The molecule has 0 aromatic heterocycles. The van der Waals surface area contributed by atoms with E-state index in [1.807, 2.05) is 0 Å². The van der Waals surface area contributed by atoms with Crippen LogP contribution in [0, 0.1) is 11.3 Å². The Kier molecular flexibility index (Phi) is 4.85. The van der Waals surface area contributed by atoms with Crippen molar-refractivity contribution in [3.05, 3.63) is 12.7 Å². The lowest BCUT2D eigenvalue weighted by Gasteiger charge is -2.48. The number of nitrogens with zero attached hydrogens (tertiary/aromatic N) is 1. The van der Waals surface area contributed by atoms with E-state index in [9.17, 15) is 0 Å². The van der Waals surface area contributed by atoms with Crippen LogP contribution in [0.1, 0.15) is 46.0 Å². The number of hydrogen-bond donors (Lipinski definition) is 1. The van der Waals surface area contributed by atoms with Gasteiger partial charge in [-0.2, -0.15) is 0 Å². The standard InChI is InChI=1S/C16H30N2/c1-4-7-15-16(2,3)9-6-11-18(15)13-14-8-5-10-17-12-14/h4,14-15,17H,1,5-13H2,2-3H3. The Bertz CT molecular complexity index is 266. The van der Waals surface area contributed by atoms with Gasteiger partial charge in [0.05, 0.1) is 0 Å². The van der Waals surface area contributed by atoms with E-state index < -0.39 is 0 Å². The molecule has 2 heteroatoms. The minimum Gasteiger partial charge on any atom is -0.316 e. The highest BCUT2D eigenvalue weighted by molar-refractivity contribution is 4.95. The quantitative estimate of drug-likeness (QED) is 0.772. The number of rotatable bonds is 4. The first kappa shape index (κ1) is 14.1. The van der Waals surface area contributed by atoms with Crippen LogP contribution in [-0.4, -0.2) is 37.1 Å². The summed E-state index contributed by atoms with van der Waals surface area (Å²) in [5.41, 5.74) is 0.453. The predicted molar refractivity (Wildman–Crippen MR) is 78.8 cm³/mol. The average molecular weight is 250 g/mol. The maximum absolute atomic E-state index is 3.96. The predicted octanol–water partition coefficient (Wildman–Crippen LogP) is 3.05. The van der Waals surface area contributed by atoms with Crippen molar-refractivity contribution in [2.45, 2.75) is 52.0 Å². The molecular formula is C16H30N2. The van der Waals surface area contributed by atoms with E-state index in [1.54, 1.807) is 0 Å². The summed E-state index contributed by atoms with van der Waals surface area (Å²) in [5, 5.41) is 3.55. The Balaban J connectivity index is 1.97. The van der Waals surface area contributed by atoms with Crippen molar-refractivity contribution in [2.75, 3.05) is 26.2 Å². The van der Waals surface area contributed by atoms with Gasteiger partial charge in [0.1, 0.15) is 0 Å². The van der Waals surface area contributed by atoms with Crippen LogP contribution in [0.2, 0.25) is 0 Å². The van der Waals surface area contributed by atoms with Crippen LogP contribution < -0.4 is 5.32 Å². The molecule has 2 aliphatic heterocycles. The van der Waals surface area contributed by atoms with Crippen molar-refractivity contribution in [1.29, 1.82) is 0 Å². The molecule has 0 bridgehead atoms. The fourth-order valence-corrected chi connectivity index (χ4v) is 3.81. The first-order valence-corrected chi connectivity index (χ1v) is 7.69. The van der Waals surface area contributed by atoms with Gasteiger partial charge in [0.2, 0.25) is 0 Å². The first-order valence-electron chi connectivity index (χ1n) is 7.69. The van der Waals surface area contributed by atoms with Crippen molar-refractivity contribution in [3.63, 3.8) is 0 Å². The minimum absolute atomic E-state index is 0.453. The van der Waals surface area contributed by atoms with Gasteiger partial charge in [-0.25, -0.2) is 0 Å². The Morgan fingerprint density at radius 3 is 2.89 bits per heavy atom. The van der Waals surface area contributed by atoms with E-state index >= 15 is 0 Å². The van der Waals surface area contributed by atoms with E-state index in [2.05, 4.69) is 36.7 Å². The molecule has 0 aromatic rings. The topological polar surface area (TPSA) is 15.3 Å². The molecule has 0 aromatic carbocycles. The number of nitrogens with one attached hydrogen (secondary N) is 1. The molecule has 2 nitrogen and oxygen atoms in total. The molecule has 2 saturated heterocycles. The Morgan fingerprint density at radius 1 is 1.39 bits per heavy atom. The van der Waals surface area contributed by atoms with E-state index in [0.29, 0.717) is 11.5 Å². The fraction of sp³-hybridized carbons (Fsp3) is 0.875. The molecule has 2 rings (SSSR count). The summed E-state index contributed by atoms with van der Waals surface area (Å²) in [6.45, 7) is 13.9. The minimum atomic E-state index is 0.453. The maximum Gasteiger partial charge on any atom is 0.0181 e. The molecule has 1 N–H and O–H groups in total. The summed E-state index contributed by atoms with van der Waals surface area (Å²) in [4.78, 5) is 2.75. The van der Waals surface area contributed by atoms with Gasteiger partial charge >= 0.3 is 0 Å². The summed E-state index contributed by atoms with van der Waals surface area (Å²) in [6.07, 6.45) is 8.75. The van der Waals surface area contributed by atoms with E-state index in [-0.39, 0.29) is 0 Å². The highest BCUT2D eigenvalue weighted by atomic mass is 15.2. The summed E-state index contributed by atoms with van der Waals surface area (Å²) in [6, 6.07) is 0.700. The highest BCUT2D eigenvalue weighted by Gasteiger charge is 2.37. The van der Waals surface area contributed by atoms with Crippen molar-refractivity contribution in [1.82, 2.24) is 10.2 Å². The lowest BCUT2D eigenvalue weighted by atomic mass is 9.74. The molecular weight excluding hydrogens is 220 g/mol. The van der Waals surface area contributed by atoms with Gasteiger partial charge in [-0.3, -0.25) is 4.90 Å². The molecule has 2 fully saturated rings. The molecule has 104 valence electrons. The summed E-state index contributed by atoms with van der Waals surface area (Å²) in [7, 11) is 0. The molecule has 0 radical (unpaired) electrons. The molecule has 0 saturated carbocycles. The molecule has 2 aliphatic rings. The van der Waals surface area contributed by atoms with Gasteiger partial charge in [-0.05, 0) is 63.1 Å². The monoisotopic (exact) mass is 250 g/mol. The smallest absolute Gasteiger partial charge is 0.0181 e. The normalized spacial score (nSPS) is 33.2. The maximum atomic E-state index is 3.96. The summed E-state index contributed by atoms with van der Waals surface area (Å²) >= 11 is 0. The summed E-state index contributed by atoms with van der Waals surface area (Å²) < 4.78 is 0. The van der Waals surface area contributed by atoms with Gasteiger partial charge < -0.3 is 5.32 Å². The van der Waals surface area contributed by atoms with Crippen LogP contribution in [0.25, 0.3) is 0 Å². The van der Waals surface area contributed by atoms with Crippen molar-refractivity contribution < 1.29 is 0 Å². The number of hydrogen-bond acceptors (Lipinski definition) is 2. The highest BCUT2D eigenvalue weighted by Crippen LogP contribution is 2.37. The zero-order valence-electron chi connectivity index (χ0n) is 12.3. The Hall–Kier alpha value is -0.340. The molecule has 18 heavy (non-hydrogen) atoms. The second kappa shape index (κ2) is 6.21. The lowest BCUT2D eigenvalue weighted by molar-refractivity contribution is 0.0252. The second-order valence-electron chi connectivity index (χ2n) is 6.84. The molecule has 2 heterocycles. The third-order valence-corrected chi connectivity index (χ3v) is 4.89. The van der Waals surface area contributed by atoms with Gasteiger partial charge in [-0.1, -0.05) is 19.9 Å². The van der Waals surface area contributed by atoms with Gasteiger partial charge in [0, 0.05) is 12.6 Å².